The summed E-state index contributed by atoms with van der Waals surface area (Å²) in [7, 11) is 0. The highest BCUT2D eigenvalue weighted by molar-refractivity contribution is 5.76. The summed E-state index contributed by atoms with van der Waals surface area (Å²) in [4.78, 5) is 20.8. The standard InChI is InChI=1S/C19H24F3N7O/c20-19(21,22)11-29-7-14(6-25-29)3-13-4-18(5-13)9-28(10-18)17(30)27-2-1-15(8-27)16-23-12-24-26-16/h6-7,12-13,15H,1-5,8-11H2,(H,23,24,26)/t15-/m0/s1. The molecule has 0 unspecified atom stereocenters. The summed E-state index contributed by atoms with van der Waals surface area (Å²) < 4.78 is 38.3. The summed E-state index contributed by atoms with van der Waals surface area (Å²) >= 11 is 0. The first-order valence-corrected chi connectivity index (χ1v) is 10.3. The summed E-state index contributed by atoms with van der Waals surface area (Å²) in [6.45, 7) is 1.91. The molecule has 3 aliphatic rings. The normalized spacial score (nSPS) is 23.6. The Labute approximate surface area is 171 Å². The molecule has 0 bridgehead atoms. The minimum atomic E-state index is -4.25. The van der Waals surface area contributed by atoms with Crippen LogP contribution in [-0.4, -0.2) is 73.1 Å². The number of H-pyrrole nitrogens is 1. The number of alkyl halides is 3. The van der Waals surface area contributed by atoms with Crippen molar-refractivity contribution >= 4 is 6.03 Å². The van der Waals surface area contributed by atoms with Gasteiger partial charge in [-0.1, -0.05) is 0 Å². The van der Waals surface area contributed by atoms with E-state index in [9.17, 15) is 18.0 Å². The first-order chi connectivity index (χ1) is 14.3. The molecule has 8 nitrogen and oxygen atoms in total. The number of aromatic amines is 1. The van der Waals surface area contributed by atoms with E-state index in [0.29, 0.717) is 12.5 Å². The first-order valence-electron chi connectivity index (χ1n) is 10.3. The zero-order chi connectivity index (χ0) is 20.9. The van der Waals surface area contributed by atoms with Crippen LogP contribution in [-0.2, 0) is 13.0 Å². The molecule has 1 spiro atoms. The fourth-order valence-corrected chi connectivity index (χ4v) is 5.35. The van der Waals surface area contributed by atoms with E-state index >= 15 is 0 Å². The van der Waals surface area contributed by atoms with Gasteiger partial charge in [-0.05, 0) is 37.2 Å². The van der Waals surface area contributed by atoms with E-state index < -0.39 is 12.7 Å². The Kier molecular flexibility index (Phi) is 4.51. The van der Waals surface area contributed by atoms with Gasteiger partial charge in [-0.2, -0.15) is 23.4 Å². The average molecular weight is 423 g/mol. The van der Waals surface area contributed by atoms with Crippen LogP contribution < -0.4 is 0 Å². The molecule has 2 aromatic rings. The molecule has 0 radical (unpaired) electrons. The summed E-state index contributed by atoms with van der Waals surface area (Å²) in [5.41, 5.74) is 1.05. The van der Waals surface area contributed by atoms with Gasteiger partial charge in [0.25, 0.3) is 0 Å². The Morgan fingerprint density at radius 2 is 2.07 bits per heavy atom. The second-order valence-corrected chi connectivity index (χ2v) is 9.08. The van der Waals surface area contributed by atoms with Crippen molar-refractivity contribution in [2.24, 2.45) is 11.3 Å². The number of nitrogens with zero attached hydrogens (tertiary/aromatic N) is 6. The Morgan fingerprint density at radius 3 is 2.77 bits per heavy atom. The predicted octanol–water partition coefficient (Wildman–Crippen LogP) is 2.43. The Balaban J connectivity index is 1.06. The summed E-state index contributed by atoms with van der Waals surface area (Å²) in [6.07, 6.45) is 3.94. The highest BCUT2D eigenvalue weighted by Gasteiger charge is 2.54. The van der Waals surface area contributed by atoms with Gasteiger partial charge < -0.3 is 9.80 Å². The van der Waals surface area contributed by atoms with Gasteiger partial charge in [-0.3, -0.25) is 9.78 Å². The number of aromatic nitrogens is 5. The lowest BCUT2D eigenvalue weighted by Crippen LogP contribution is -2.65. The van der Waals surface area contributed by atoms with Crippen LogP contribution in [0.15, 0.2) is 18.7 Å². The number of rotatable bonds is 4. The lowest BCUT2D eigenvalue weighted by atomic mass is 9.56. The highest BCUT2D eigenvalue weighted by Crippen LogP contribution is 2.53. The minimum Gasteiger partial charge on any atom is -0.324 e. The van der Waals surface area contributed by atoms with E-state index in [1.807, 2.05) is 9.80 Å². The van der Waals surface area contributed by atoms with Crippen molar-refractivity contribution in [3.05, 3.63) is 30.1 Å². The highest BCUT2D eigenvalue weighted by atomic mass is 19.4. The van der Waals surface area contributed by atoms with Gasteiger partial charge in [-0.25, -0.2) is 9.78 Å². The van der Waals surface area contributed by atoms with Crippen LogP contribution >= 0.6 is 0 Å². The molecule has 1 saturated carbocycles. The summed E-state index contributed by atoms with van der Waals surface area (Å²) in [5, 5.41) is 10.6. The zero-order valence-corrected chi connectivity index (χ0v) is 16.5. The van der Waals surface area contributed by atoms with Crippen LogP contribution in [0.2, 0.25) is 0 Å². The molecule has 162 valence electrons. The third-order valence-electron chi connectivity index (χ3n) is 6.60. The van der Waals surface area contributed by atoms with Crippen molar-refractivity contribution in [2.45, 2.75) is 44.3 Å². The van der Waals surface area contributed by atoms with Gasteiger partial charge in [0.2, 0.25) is 0 Å². The van der Waals surface area contributed by atoms with Crippen LogP contribution in [0.5, 0.6) is 0 Å². The lowest BCUT2D eigenvalue weighted by molar-refractivity contribution is -0.142. The molecule has 1 aliphatic carbocycles. The molecule has 3 fully saturated rings. The van der Waals surface area contributed by atoms with Gasteiger partial charge in [0.15, 0.2) is 0 Å². The van der Waals surface area contributed by atoms with Gasteiger partial charge in [0.1, 0.15) is 18.7 Å². The second-order valence-electron chi connectivity index (χ2n) is 9.08. The van der Waals surface area contributed by atoms with E-state index in [1.54, 1.807) is 0 Å². The van der Waals surface area contributed by atoms with Crippen LogP contribution in [0.3, 0.4) is 0 Å². The quantitative estimate of drug-likeness (QED) is 0.819. The molecule has 1 N–H and O–H groups in total. The summed E-state index contributed by atoms with van der Waals surface area (Å²) in [6, 6.07) is 0.0968. The number of carbonyl (C=O) groups excluding carboxylic acids is 1. The molecule has 2 saturated heterocycles. The van der Waals surface area contributed by atoms with Gasteiger partial charge in [0.05, 0.1) is 6.20 Å². The lowest BCUT2D eigenvalue weighted by Gasteiger charge is -2.59. The number of amides is 2. The predicted molar refractivity (Wildman–Crippen MR) is 99.4 cm³/mol. The SMILES string of the molecule is O=C(N1CC[C@H](c2ncn[nH]2)C1)N1CC2(CC(Cc3cnn(CC(F)(F)F)c3)C2)C1. The number of urea groups is 1. The first kappa shape index (κ1) is 19.4. The molecule has 2 amide bonds. The maximum absolute atomic E-state index is 12.8. The fourth-order valence-electron chi connectivity index (χ4n) is 5.35. The van der Waals surface area contributed by atoms with Gasteiger partial charge >= 0.3 is 12.2 Å². The molecule has 1 atom stereocenters. The molecule has 0 aromatic carbocycles. The van der Waals surface area contributed by atoms with E-state index in [-0.39, 0.29) is 17.4 Å². The number of hydrogen-bond acceptors (Lipinski definition) is 4. The molecular weight excluding hydrogens is 399 g/mol. The Morgan fingerprint density at radius 1 is 1.27 bits per heavy atom. The molecule has 30 heavy (non-hydrogen) atoms. The molecule has 4 heterocycles. The number of likely N-dealkylation sites (tertiary alicyclic amines) is 2. The van der Waals surface area contributed by atoms with Crippen molar-refractivity contribution in [1.82, 2.24) is 34.8 Å². The van der Waals surface area contributed by atoms with E-state index in [0.717, 1.165) is 61.4 Å². The van der Waals surface area contributed by atoms with Gasteiger partial charge in [-0.15, -0.1) is 0 Å². The van der Waals surface area contributed by atoms with Crippen molar-refractivity contribution in [2.75, 3.05) is 26.2 Å². The van der Waals surface area contributed by atoms with Crippen molar-refractivity contribution in [3.63, 3.8) is 0 Å². The van der Waals surface area contributed by atoms with Crippen LogP contribution in [0.4, 0.5) is 18.0 Å². The van der Waals surface area contributed by atoms with E-state index in [4.69, 9.17) is 0 Å². The van der Waals surface area contributed by atoms with Gasteiger partial charge in [0, 0.05) is 43.7 Å². The number of carbonyl (C=O) groups is 1. The topological polar surface area (TPSA) is 82.9 Å². The van der Waals surface area contributed by atoms with Crippen LogP contribution in [0.25, 0.3) is 0 Å². The zero-order valence-electron chi connectivity index (χ0n) is 16.5. The molecular formula is C19H24F3N7O. The molecule has 5 rings (SSSR count). The summed E-state index contributed by atoms with van der Waals surface area (Å²) in [5.74, 6) is 1.51. The molecule has 2 aromatic heterocycles. The maximum atomic E-state index is 12.8. The van der Waals surface area contributed by atoms with E-state index in [2.05, 4.69) is 20.3 Å². The smallest absolute Gasteiger partial charge is 0.324 e. The third-order valence-corrected chi connectivity index (χ3v) is 6.60. The fraction of sp³-hybridized carbons (Fsp3) is 0.684. The number of hydrogen-bond donors (Lipinski definition) is 1. The Bertz CT molecular complexity index is 896. The second kappa shape index (κ2) is 6.98. The van der Waals surface area contributed by atoms with Crippen LogP contribution in [0, 0.1) is 11.3 Å². The number of halogens is 3. The van der Waals surface area contributed by atoms with Crippen molar-refractivity contribution < 1.29 is 18.0 Å². The van der Waals surface area contributed by atoms with Crippen LogP contribution in [0.1, 0.15) is 36.6 Å². The third kappa shape index (κ3) is 3.77. The number of nitrogens with one attached hydrogen (secondary N) is 1. The van der Waals surface area contributed by atoms with E-state index in [1.165, 1.54) is 18.7 Å². The largest absolute Gasteiger partial charge is 0.408 e. The average Bonchev–Trinajstić information content (AvgIpc) is 3.34. The Hall–Kier alpha value is -2.59. The maximum Gasteiger partial charge on any atom is 0.408 e. The molecule has 2 aliphatic heterocycles. The minimum absolute atomic E-state index is 0.0968. The molecule has 11 heteroatoms. The van der Waals surface area contributed by atoms with Crippen molar-refractivity contribution in [1.29, 1.82) is 0 Å². The van der Waals surface area contributed by atoms with Crippen molar-refractivity contribution in [3.8, 4) is 0 Å². The monoisotopic (exact) mass is 423 g/mol.